The standard InChI is InChI=1S/C15H13NO4/c17-11-16(12-18)20-19-15(13-7-3-1-4-8-13)14-9-5-2-6-10-14/h1-12,15H. The summed E-state index contributed by atoms with van der Waals surface area (Å²) < 4.78 is 0. The monoisotopic (exact) mass is 271 g/mol. The van der Waals surface area contributed by atoms with Gasteiger partial charge in [-0.05, 0) is 11.1 Å². The predicted molar refractivity (Wildman–Crippen MR) is 70.9 cm³/mol. The Balaban J connectivity index is 2.21. The first-order valence-corrected chi connectivity index (χ1v) is 5.97. The highest BCUT2D eigenvalue weighted by atomic mass is 17.3. The van der Waals surface area contributed by atoms with E-state index in [4.69, 9.17) is 9.88 Å². The molecule has 0 aliphatic heterocycles. The summed E-state index contributed by atoms with van der Waals surface area (Å²) in [5, 5.41) is 0.416. The number of amides is 2. The van der Waals surface area contributed by atoms with E-state index in [1.807, 2.05) is 60.7 Å². The Hall–Kier alpha value is -2.50. The van der Waals surface area contributed by atoms with Crippen molar-refractivity contribution in [3.05, 3.63) is 71.8 Å². The van der Waals surface area contributed by atoms with Crippen molar-refractivity contribution in [3.63, 3.8) is 0 Å². The first kappa shape index (κ1) is 13.9. The van der Waals surface area contributed by atoms with Gasteiger partial charge in [-0.25, -0.2) is 0 Å². The fourth-order valence-corrected chi connectivity index (χ4v) is 1.71. The molecular weight excluding hydrogens is 258 g/mol. The zero-order valence-corrected chi connectivity index (χ0v) is 10.6. The number of carbonyl (C=O) groups excluding carboxylic acids is 2. The lowest BCUT2D eigenvalue weighted by molar-refractivity contribution is -0.406. The highest BCUT2D eigenvalue weighted by molar-refractivity contribution is 5.66. The number of rotatable bonds is 7. The Kier molecular flexibility index (Phi) is 5.00. The zero-order valence-electron chi connectivity index (χ0n) is 10.6. The number of benzene rings is 2. The second kappa shape index (κ2) is 7.18. The normalized spacial score (nSPS) is 10.2. The van der Waals surface area contributed by atoms with Crippen LogP contribution in [0.2, 0.25) is 0 Å². The number of hydrogen-bond donors (Lipinski definition) is 0. The third kappa shape index (κ3) is 3.50. The quantitative estimate of drug-likeness (QED) is 0.440. The smallest absolute Gasteiger partial charge is 0.243 e. The van der Waals surface area contributed by atoms with Crippen molar-refractivity contribution in [2.24, 2.45) is 0 Å². The molecule has 5 heteroatoms. The van der Waals surface area contributed by atoms with Gasteiger partial charge in [0.15, 0.2) is 0 Å². The maximum Gasteiger partial charge on any atom is 0.243 e. The van der Waals surface area contributed by atoms with Gasteiger partial charge in [0.05, 0.1) is 0 Å². The van der Waals surface area contributed by atoms with Crippen molar-refractivity contribution in [1.82, 2.24) is 5.06 Å². The molecule has 0 bridgehead atoms. The van der Waals surface area contributed by atoms with E-state index in [0.29, 0.717) is 5.06 Å². The lowest BCUT2D eigenvalue weighted by Gasteiger charge is -2.18. The topological polar surface area (TPSA) is 55.8 Å². The van der Waals surface area contributed by atoms with Crippen molar-refractivity contribution in [3.8, 4) is 0 Å². The van der Waals surface area contributed by atoms with Crippen LogP contribution >= 0.6 is 0 Å². The second-order valence-corrected chi connectivity index (χ2v) is 3.94. The zero-order chi connectivity index (χ0) is 14.2. The highest BCUT2D eigenvalue weighted by Gasteiger charge is 2.17. The van der Waals surface area contributed by atoms with Crippen LogP contribution < -0.4 is 0 Å². The molecule has 0 saturated heterocycles. The van der Waals surface area contributed by atoms with Crippen molar-refractivity contribution >= 4 is 12.8 Å². The van der Waals surface area contributed by atoms with Crippen LogP contribution in [0.4, 0.5) is 0 Å². The van der Waals surface area contributed by atoms with Crippen molar-refractivity contribution < 1.29 is 19.5 Å². The first-order chi connectivity index (χ1) is 9.85. The fourth-order valence-electron chi connectivity index (χ4n) is 1.71. The molecule has 0 saturated carbocycles. The Morgan fingerprint density at radius 1 is 0.800 bits per heavy atom. The number of imide groups is 1. The van der Waals surface area contributed by atoms with Gasteiger partial charge in [-0.15, -0.1) is 10.1 Å². The van der Waals surface area contributed by atoms with Crippen LogP contribution in [0.3, 0.4) is 0 Å². The molecule has 0 aliphatic carbocycles. The molecule has 2 aromatic carbocycles. The Labute approximate surface area is 116 Å². The molecule has 2 rings (SSSR count). The minimum absolute atomic E-state index is 0.222. The lowest BCUT2D eigenvalue weighted by atomic mass is 10.0. The minimum Gasteiger partial charge on any atom is -0.276 e. The van der Waals surface area contributed by atoms with Gasteiger partial charge in [0.2, 0.25) is 12.8 Å². The van der Waals surface area contributed by atoms with E-state index in [-0.39, 0.29) is 12.8 Å². The largest absolute Gasteiger partial charge is 0.276 e. The second-order valence-electron chi connectivity index (χ2n) is 3.94. The van der Waals surface area contributed by atoms with Crippen LogP contribution in [-0.4, -0.2) is 17.9 Å². The van der Waals surface area contributed by atoms with Crippen molar-refractivity contribution in [2.45, 2.75) is 6.10 Å². The summed E-state index contributed by atoms with van der Waals surface area (Å²) in [7, 11) is 0. The average molecular weight is 271 g/mol. The van der Waals surface area contributed by atoms with Crippen LogP contribution in [0.15, 0.2) is 60.7 Å². The van der Waals surface area contributed by atoms with E-state index in [1.54, 1.807) is 0 Å². The van der Waals surface area contributed by atoms with Gasteiger partial charge in [-0.2, -0.15) is 4.89 Å². The van der Waals surface area contributed by atoms with Gasteiger partial charge in [0.25, 0.3) is 0 Å². The molecular formula is C15H13NO4. The third-order valence-electron chi connectivity index (χ3n) is 2.64. The molecule has 0 atom stereocenters. The van der Waals surface area contributed by atoms with Gasteiger partial charge in [0, 0.05) is 0 Å². The molecule has 20 heavy (non-hydrogen) atoms. The number of hydrogen-bond acceptors (Lipinski definition) is 4. The van der Waals surface area contributed by atoms with Gasteiger partial charge in [0.1, 0.15) is 6.10 Å². The minimum atomic E-state index is -0.542. The molecule has 102 valence electrons. The number of hydroxylamine groups is 2. The van der Waals surface area contributed by atoms with E-state index >= 15 is 0 Å². The van der Waals surface area contributed by atoms with Crippen LogP contribution in [0.25, 0.3) is 0 Å². The summed E-state index contributed by atoms with van der Waals surface area (Å²) >= 11 is 0. The van der Waals surface area contributed by atoms with E-state index in [1.165, 1.54) is 0 Å². The average Bonchev–Trinajstić information content (AvgIpc) is 2.53. The van der Waals surface area contributed by atoms with Gasteiger partial charge < -0.3 is 0 Å². The summed E-state index contributed by atoms with van der Waals surface area (Å²) in [6.07, 6.45) is -0.0973. The highest BCUT2D eigenvalue weighted by Crippen LogP contribution is 2.25. The van der Waals surface area contributed by atoms with Crippen LogP contribution in [0.1, 0.15) is 17.2 Å². The number of nitrogens with zero attached hydrogens (tertiary/aromatic N) is 1. The molecule has 0 aromatic heterocycles. The molecule has 0 unspecified atom stereocenters. The van der Waals surface area contributed by atoms with Crippen LogP contribution in [0.5, 0.6) is 0 Å². The summed E-state index contributed by atoms with van der Waals surface area (Å²) in [6.45, 7) is 0. The maximum atomic E-state index is 10.5. The van der Waals surface area contributed by atoms with E-state index in [2.05, 4.69) is 0 Å². The summed E-state index contributed by atoms with van der Waals surface area (Å²) in [5.41, 5.74) is 1.69. The SMILES string of the molecule is O=CN(C=O)OOC(c1ccccc1)c1ccccc1. The molecule has 0 aliphatic rings. The van der Waals surface area contributed by atoms with E-state index in [0.717, 1.165) is 11.1 Å². The lowest BCUT2D eigenvalue weighted by Crippen LogP contribution is -2.22. The van der Waals surface area contributed by atoms with Gasteiger partial charge in [-0.3, -0.25) is 9.59 Å². The molecule has 2 aromatic rings. The first-order valence-electron chi connectivity index (χ1n) is 5.97. The molecule has 5 nitrogen and oxygen atoms in total. The molecule has 0 radical (unpaired) electrons. The third-order valence-corrected chi connectivity index (χ3v) is 2.64. The van der Waals surface area contributed by atoms with E-state index < -0.39 is 6.10 Å². The molecule has 0 heterocycles. The maximum absolute atomic E-state index is 10.5. The molecule has 0 fully saturated rings. The Bertz CT molecular complexity index is 497. The fraction of sp³-hybridized carbons (Fsp3) is 0.0667. The number of carbonyl (C=O) groups is 2. The predicted octanol–water partition coefficient (Wildman–Crippen LogP) is 2.25. The summed E-state index contributed by atoms with van der Waals surface area (Å²) in [4.78, 5) is 31.0. The Morgan fingerprint density at radius 2 is 1.25 bits per heavy atom. The van der Waals surface area contributed by atoms with Crippen LogP contribution in [0, 0.1) is 0 Å². The Morgan fingerprint density at radius 3 is 1.65 bits per heavy atom. The van der Waals surface area contributed by atoms with Gasteiger partial charge >= 0.3 is 0 Å². The molecule has 0 spiro atoms. The summed E-state index contributed by atoms with van der Waals surface area (Å²) in [6, 6.07) is 18.7. The molecule has 0 N–H and O–H groups in total. The summed E-state index contributed by atoms with van der Waals surface area (Å²) in [5.74, 6) is 0. The van der Waals surface area contributed by atoms with Gasteiger partial charge in [-0.1, -0.05) is 60.7 Å². The van der Waals surface area contributed by atoms with E-state index in [9.17, 15) is 9.59 Å². The van der Waals surface area contributed by atoms with Crippen molar-refractivity contribution in [2.75, 3.05) is 0 Å². The molecule has 2 amide bonds. The van der Waals surface area contributed by atoms with Crippen LogP contribution in [-0.2, 0) is 19.5 Å². The van der Waals surface area contributed by atoms with Crippen molar-refractivity contribution in [1.29, 1.82) is 0 Å².